The van der Waals surface area contributed by atoms with Gasteiger partial charge in [-0.15, -0.1) is 0 Å². The van der Waals surface area contributed by atoms with Gasteiger partial charge in [0.25, 0.3) is 15.9 Å². The Morgan fingerprint density at radius 3 is 2.27 bits per heavy atom. The molecule has 0 atom stereocenters. The van der Waals surface area contributed by atoms with Crippen LogP contribution in [0.2, 0.25) is 5.02 Å². The number of carbonyl (C=O) groups excluding carboxylic acids is 1. The molecule has 0 bridgehead atoms. The van der Waals surface area contributed by atoms with Gasteiger partial charge >= 0.3 is 0 Å². The SMILES string of the molecule is Cc1ccc(NS(=O)(=O)c2ccc(OCC(=O)Nc3cc(Cl)ccc3Oc3ccccc3)cc2)cc1C. The number of amides is 1. The van der Waals surface area contributed by atoms with Crippen LogP contribution < -0.4 is 19.5 Å². The van der Waals surface area contributed by atoms with E-state index < -0.39 is 15.9 Å². The predicted molar refractivity (Wildman–Crippen MR) is 145 cm³/mol. The molecular weight excluding hydrogens is 512 g/mol. The lowest BCUT2D eigenvalue weighted by molar-refractivity contribution is -0.118. The Bertz CT molecular complexity index is 1510. The number of nitrogens with one attached hydrogen (secondary N) is 2. The molecule has 0 aliphatic rings. The topological polar surface area (TPSA) is 93.7 Å². The van der Waals surface area contributed by atoms with Crippen molar-refractivity contribution in [3.05, 3.63) is 107 Å². The number of ether oxygens (including phenoxy) is 2. The standard InChI is InChI=1S/C28H25ClN2O5S/c1-19-8-10-22(16-20(19)2)31-37(33,34)25-13-11-23(12-14-25)35-18-28(32)30-26-17-21(29)9-15-27(26)36-24-6-4-3-5-7-24/h3-17,31H,18H2,1-2H3,(H,30,32). The van der Waals surface area contributed by atoms with Crippen molar-refractivity contribution < 1.29 is 22.7 Å². The Hall–Kier alpha value is -4.01. The van der Waals surface area contributed by atoms with Gasteiger partial charge in [0.2, 0.25) is 0 Å². The number of rotatable bonds is 9. The molecule has 4 aromatic rings. The van der Waals surface area contributed by atoms with Crippen LogP contribution in [0.3, 0.4) is 0 Å². The smallest absolute Gasteiger partial charge is 0.262 e. The molecule has 4 rings (SSSR count). The van der Waals surface area contributed by atoms with E-state index in [0.29, 0.717) is 33.6 Å². The van der Waals surface area contributed by atoms with Gasteiger partial charge in [0.05, 0.1) is 10.6 Å². The lowest BCUT2D eigenvalue weighted by Gasteiger charge is -2.13. The van der Waals surface area contributed by atoms with Gasteiger partial charge in [-0.05, 0) is 91.7 Å². The highest BCUT2D eigenvalue weighted by atomic mass is 35.5. The number of hydrogen-bond acceptors (Lipinski definition) is 5. The van der Waals surface area contributed by atoms with E-state index in [1.165, 1.54) is 24.3 Å². The summed E-state index contributed by atoms with van der Waals surface area (Å²) in [4.78, 5) is 12.6. The molecule has 0 radical (unpaired) electrons. The maximum absolute atomic E-state index is 12.7. The summed E-state index contributed by atoms with van der Waals surface area (Å²) < 4.78 is 39.4. The number of benzene rings is 4. The van der Waals surface area contributed by atoms with Crippen molar-refractivity contribution in [2.75, 3.05) is 16.6 Å². The minimum atomic E-state index is -3.78. The highest BCUT2D eigenvalue weighted by Crippen LogP contribution is 2.32. The van der Waals surface area contributed by atoms with E-state index in [2.05, 4.69) is 10.0 Å². The molecular formula is C28H25ClN2O5S. The van der Waals surface area contributed by atoms with Crippen LogP contribution >= 0.6 is 11.6 Å². The lowest BCUT2D eigenvalue weighted by atomic mass is 10.1. The third-order valence-electron chi connectivity index (χ3n) is 5.45. The second-order valence-electron chi connectivity index (χ2n) is 8.27. The molecule has 0 aliphatic carbocycles. The first-order valence-electron chi connectivity index (χ1n) is 11.3. The Morgan fingerprint density at radius 1 is 0.838 bits per heavy atom. The van der Waals surface area contributed by atoms with Crippen LogP contribution in [0.5, 0.6) is 17.2 Å². The zero-order chi connectivity index (χ0) is 26.4. The number of para-hydroxylation sites is 1. The summed E-state index contributed by atoms with van der Waals surface area (Å²) in [6.45, 7) is 3.57. The highest BCUT2D eigenvalue weighted by molar-refractivity contribution is 7.92. The summed E-state index contributed by atoms with van der Waals surface area (Å²) >= 11 is 6.10. The van der Waals surface area contributed by atoms with Gasteiger partial charge < -0.3 is 14.8 Å². The van der Waals surface area contributed by atoms with Gasteiger partial charge in [-0.3, -0.25) is 9.52 Å². The fraction of sp³-hybridized carbons (Fsp3) is 0.107. The summed E-state index contributed by atoms with van der Waals surface area (Å²) in [6.07, 6.45) is 0. The van der Waals surface area contributed by atoms with Crippen LogP contribution in [-0.4, -0.2) is 20.9 Å². The van der Waals surface area contributed by atoms with Crippen molar-refractivity contribution >= 4 is 38.9 Å². The molecule has 0 saturated heterocycles. The molecule has 0 aromatic heterocycles. The quantitative estimate of drug-likeness (QED) is 0.252. The minimum Gasteiger partial charge on any atom is -0.484 e. The molecule has 0 spiro atoms. The molecule has 1 amide bonds. The number of sulfonamides is 1. The number of halogens is 1. The van der Waals surface area contributed by atoms with Crippen LogP contribution in [-0.2, 0) is 14.8 Å². The molecule has 7 nitrogen and oxygen atoms in total. The van der Waals surface area contributed by atoms with E-state index >= 15 is 0 Å². The fourth-order valence-corrected chi connectivity index (χ4v) is 4.60. The van der Waals surface area contributed by atoms with Gasteiger partial charge in [-0.25, -0.2) is 8.42 Å². The lowest BCUT2D eigenvalue weighted by Crippen LogP contribution is -2.20. The largest absolute Gasteiger partial charge is 0.484 e. The first-order chi connectivity index (χ1) is 17.7. The number of carbonyl (C=O) groups is 1. The second kappa shape index (κ2) is 11.4. The number of anilines is 2. The molecule has 0 saturated carbocycles. The Labute approximate surface area is 221 Å². The summed E-state index contributed by atoms with van der Waals surface area (Å²) in [5.41, 5.74) is 2.93. The minimum absolute atomic E-state index is 0.0733. The van der Waals surface area contributed by atoms with E-state index in [4.69, 9.17) is 21.1 Å². The molecule has 0 heterocycles. The predicted octanol–water partition coefficient (Wildman–Crippen LogP) is 6.57. The van der Waals surface area contributed by atoms with Crippen molar-refractivity contribution in [3.63, 3.8) is 0 Å². The summed E-state index contributed by atoms with van der Waals surface area (Å²) in [5, 5.41) is 3.17. The van der Waals surface area contributed by atoms with Crippen LogP contribution in [0.15, 0.2) is 95.9 Å². The van der Waals surface area contributed by atoms with Crippen molar-refractivity contribution in [2.45, 2.75) is 18.7 Å². The van der Waals surface area contributed by atoms with Crippen molar-refractivity contribution in [2.24, 2.45) is 0 Å². The van der Waals surface area contributed by atoms with E-state index in [-0.39, 0.29) is 11.5 Å². The van der Waals surface area contributed by atoms with E-state index in [1.807, 2.05) is 38.1 Å². The van der Waals surface area contributed by atoms with Crippen molar-refractivity contribution in [1.82, 2.24) is 0 Å². The van der Waals surface area contributed by atoms with Gasteiger partial charge in [0.1, 0.15) is 11.5 Å². The van der Waals surface area contributed by atoms with Crippen LogP contribution in [0.4, 0.5) is 11.4 Å². The average Bonchev–Trinajstić information content (AvgIpc) is 2.87. The summed E-state index contributed by atoms with van der Waals surface area (Å²) in [5.74, 6) is 0.939. The van der Waals surface area contributed by atoms with Crippen molar-refractivity contribution in [1.29, 1.82) is 0 Å². The van der Waals surface area contributed by atoms with Gasteiger partial charge in [0.15, 0.2) is 12.4 Å². The zero-order valence-electron chi connectivity index (χ0n) is 20.2. The van der Waals surface area contributed by atoms with Crippen LogP contribution in [0.1, 0.15) is 11.1 Å². The van der Waals surface area contributed by atoms with E-state index in [9.17, 15) is 13.2 Å². The molecule has 2 N–H and O–H groups in total. The fourth-order valence-electron chi connectivity index (χ4n) is 3.37. The third kappa shape index (κ3) is 7.03. The Balaban J connectivity index is 1.37. The molecule has 4 aromatic carbocycles. The normalized spacial score (nSPS) is 11.0. The first-order valence-corrected chi connectivity index (χ1v) is 13.2. The Morgan fingerprint density at radius 2 is 1.57 bits per heavy atom. The average molecular weight is 537 g/mol. The third-order valence-corrected chi connectivity index (χ3v) is 7.08. The zero-order valence-corrected chi connectivity index (χ0v) is 21.8. The van der Waals surface area contributed by atoms with E-state index in [1.54, 1.807) is 42.5 Å². The van der Waals surface area contributed by atoms with Gasteiger partial charge in [0, 0.05) is 10.7 Å². The summed E-state index contributed by atoms with van der Waals surface area (Å²) in [6, 6.07) is 25.2. The molecule has 0 fully saturated rings. The maximum atomic E-state index is 12.7. The van der Waals surface area contributed by atoms with Crippen LogP contribution in [0.25, 0.3) is 0 Å². The number of aryl methyl sites for hydroxylation is 2. The molecule has 0 aliphatic heterocycles. The number of hydrogen-bond donors (Lipinski definition) is 2. The van der Waals surface area contributed by atoms with E-state index in [0.717, 1.165) is 11.1 Å². The van der Waals surface area contributed by atoms with Crippen LogP contribution in [0, 0.1) is 13.8 Å². The van der Waals surface area contributed by atoms with Crippen molar-refractivity contribution in [3.8, 4) is 17.2 Å². The highest BCUT2D eigenvalue weighted by Gasteiger charge is 2.15. The summed E-state index contributed by atoms with van der Waals surface area (Å²) in [7, 11) is -3.78. The molecule has 9 heteroatoms. The second-order valence-corrected chi connectivity index (χ2v) is 10.4. The molecule has 0 unspecified atom stereocenters. The maximum Gasteiger partial charge on any atom is 0.262 e. The van der Waals surface area contributed by atoms with Gasteiger partial charge in [-0.2, -0.15) is 0 Å². The van der Waals surface area contributed by atoms with Gasteiger partial charge in [-0.1, -0.05) is 35.9 Å². The Kier molecular flexibility index (Phi) is 8.01. The molecule has 190 valence electrons. The molecule has 37 heavy (non-hydrogen) atoms. The monoisotopic (exact) mass is 536 g/mol. The first kappa shape index (κ1) is 26.1.